The number of thioether (sulfide) groups is 1. The number of rotatable bonds is 40. The Labute approximate surface area is 573 Å². The molecule has 20 N–H and O–H groups in total. The first-order valence-electron chi connectivity index (χ1n) is 31.4. The van der Waals surface area contributed by atoms with Gasteiger partial charge in [-0.1, -0.05) is 64.4 Å². The first kappa shape index (κ1) is 81.3. The molecule has 0 radical (unpaired) electrons. The number of aromatic amines is 1. The molecular weight excluding hydrogens is 1330 g/mol. The molecule has 3 aromatic rings. The third kappa shape index (κ3) is 24.2. The number of aliphatic hydroxyl groups is 3. The Balaban J connectivity index is 1.45. The Kier molecular flexibility index (Phi) is 32.6. The molecule has 0 aliphatic carbocycles. The number of nitrogens with one attached hydrogen (secondary N) is 11. The van der Waals surface area contributed by atoms with Gasteiger partial charge in [0.1, 0.15) is 72.2 Å². The van der Waals surface area contributed by atoms with Crippen LogP contribution in [0.2, 0.25) is 0 Å². The summed E-state index contributed by atoms with van der Waals surface area (Å²) >= 11 is 5.45. The molecule has 11 amide bonds. The number of likely N-dealkylation sites (tertiary alicyclic amines) is 1. The summed E-state index contributed by atoms with van der Waals surface area (Å²) in [5.41, 5.74) is 7.19. The molecule has 36 heteroatoms. The number of fused-ring (bicyclic) bond motifs is 1. The number of para-hydroxylation sites is 1. The maximum Gasteiger partial charge on any atom is 0.326 e. The number of carbonyl (C=O) groups is 14. The lowest BCUT2D eigenvalue weighted by Crippen LogP contribution is -2.62. The summed E-state index contributed by atoms with van der Waals surface area (Å²) < 4.78 is 0. The van der Waals surface area contributed by atoms with E-state index in [0.717, 1.165) is 6.92 Å². The van der Waals surface area contributed by atoms with Crippen LogP contribution in [0.1, 0.15) is 84.3 Å². The van der Waals surface area contributed by atoms with Crippen LogP contribution in [0.5, 0.6) is 5.75 Å². The molecule has 0 saturated carbocycles. The van der Waals surface area contributed by atoms with E-state index in [0.29, 0.717) is 22.0 Å². The average Bonchev–Trinajstić information content (AvgIpc) is 1.60. The molecule has 14 atom stereocenters. The van der Waals surface area contributed by atoms with Crippen molar-refractivity contribution >= 4 is 118 Å². The lowest BCUT2D eigenvalue weighted by atomic mass is 9.95. The number of carboxylic acid groups (broad SMARTS) is 3. The number of amides is 11. The Morgan fingerprint density at radius 1 is 0.612 bits per heavy atom. The number of H-pyrrole nitrogens is 1. The van der Waals surface area contributed by atoms with Crippen molar-refractivity contribution in [2.24, 2.45) is 17.6 Å². The fourth-order valence-corrected chi connectivity index (χ4v) is 11.0. The van der Waals surface area contributed by atoms with Crippen LogP contribution in [0, 0.1) is 11.8 Å². The summed E-state index contributed by atoms with van der Waals surface area (Å²) in [6, 6.07) is -6.83. The second kappa shape index (κ2) is 39.3. The Bertz CT molecular complexity index is 3320. The van der Waals surface area contributed by atoms with E-state index < -0.39 is 205 Å². The van der Waals surface area contributed by atoms with Crippen LogP contribution in [0.4, 0.5) is 0 Å². The van der Waals surface area contributed by atoms with E-state index in [2.05, 4.69) is 70.8 Å². The molecule has 1 aliphatic rings. The third-order valence-corrected chi connectivity index (χ3v) is 17.1. The van der Waals surface area contributed by atoms with Gasteiger partial charge in [-0.3, -0.25) is 62.3 Å². The summed E-state index contributed by atoms with van der Waals surface area (Å²) in [6.45, 7) is 5.40. The predicted molar refractivity (Wildman–Crippen MR) is 355 cm³/mol. The van der Waals surface area contributed by atoms with Crippen LogP contribution in [0.25, 0.3) is 10.9 Å². The van der Waals surface area contributed by atoms with Crippen molar-refractivity contribution in [3.05, 3.63) is 65.9 Å². The Morgan fingerprint density at radius 3 is 1.67 bits per heavy atom. The largest absolute Gasteiger partial charge is 0.508 e. The van der Waals surface area contributed by atoms with Crippen molar-refractivity contribution in [2.45, 2.75) is 165 Å². The summed E-state index contributed by atoms with van der Waals surface area (Å²) in [4.78, 5) is 192. The number of nitrogens with zero attached hydrogens (tertiary/aromatic N) is 1. The van der Waals surface area contributed by atoms with Gasteiger partial charge in [-0.15, -0.1) is 0 Å². The normalized spacial score (nSPS) is 16.8. The number of phenols is 1. The number of aliphatic hydroxyl groups excluding tert-OH is 3. The van der Waals surface area contributed by atoms with E-state index in [9.17, 15) is 97.8 Å². The molecule has 540 valence electrons. The number of aromatic nitrogens is 1. The number of aliphatic carboxylic acids is 3. The maximum atomic E-state index is 14.4. The molecule has 1 aliphatic heterocycles. The second-order valence-electron chi connectivity index (χ2n) is 23.9. The number of nitrogens with two attached hydrogens (primary N) is 1. The molecule has 0 spiro atoms. The van der Waals surface area contributed by atoms with E-state index in [-0.39, 0.29) is 56.6 Å². The highest BCUT2D eigenvalue weighted by Crippen LogP contribution is 2.23. The van der Waals surface area contributed by atoms with Gasteiger partial charge in [-0.25, -0.2) is 4.79 Å². The number of phenolic OH excluding ortho intramolecular Hbond substituents is 1. The fraction of sp³-hybridized carbons (Fsp3) is 0.548. The highest BCUT2D eigenvalue weighted by molar-refractivity contribution is 7.98. The highest BCUT2D eigenvalue weighted by atomic mass is 32.2. The summed E-state index contributed by atoms with van der Waals surface area (Å²) in [7, 11) is 0. The van der Waals surface area contributed by atoms with Gasteiger partial charge in [0.05, 0.1) is 38.2 Å². The predicted octanol–water partition coefficient (Wildman–Crippen LogP) is -4.39. The van der Waals surface area contributed by atoms with E-state index in [1.807, 2.05) is 0 Å². The monoisotopic (exact) mass is 1420 g/mol. The smallest absolute Gasteiger partial charge is 0.326 e. The third-order valence-electron chi connectivity index (χ3n) is 16.1. The Hall–Kier alpha value is -9.10. The Morgan fingerprint density at radius 2 is 1.12 bits per heavy atom. The van der Waals surface area contributed by atoms with Crippen molar-refractivity contribution < 1.29 is 103 Å². The molecule has 98 heavy (non-hydrogen) atoms. The van der Waals surface area contributed by atoms with Gasteiger partial charge in [-0.05, 0) is 79.4 Å². The zero-order chi connectivity index (χ0) is 73.2. The quantitative estimate of drug-likeness (QED) is 0.0239. The zero-order valence-electron chi connectivity index (χ0n) is 54.8. The second-order valence-corrected chi connectivity index (χ2v) is 25.2. The minimum atomic E-state index is -1.85. The first-order chi connectivity index (χ1) is 46.3. The molecule has 2 heterocycles. The van der Waals surface area contributed by atoms with Crippen LogP contribution >= 0.6 is 24.4 Å². The van der Waals surface area contributed by atoms with Crippen molar-refractivity contribution in [2.75, 3.05) is 37.5 Å². The van der Waals surface area contributed by atoms with Gasteiger partial charge in [0, 0.05) is 42.2 Å². The summed E-state index contributed by atoms with van der Waals surface area (Å²) in [6.07, 6.45) is -0.319. The first-order valence-corrected chi connectivity index (χ1v) is 33.4. The van der Waals surface area contributed by atoms with E-state index >= 15 is 0 Å². The topological polar surface area (TPSA) is 546 Å². The average molecular weight is 1420 g/mol. The molecule has 0 unspecified atom stereocenters. The minimum absolute atomic E-state index is 0.000814. The van der Waals surface area contributed by atoms with Gasteiger partial charge >= 0.3 is 17.9 Å². The number of hydrogen-bond acceptors (Lipinski definition) is 21. The number of benzene rings is 2. The standard InChI is InChI=1S/C62H89N13O21S2/c1-7-30(4)49(73-54(87)40(24-47(82)83)66-51(84)36(63)23-46(80)81)59(92)72-48(29(2)3)61(94)75-19-10-13-45(75)58(91)71-44(28-97)57(90)70-42(26-76)55(88)65-38(18-20-98-6)52(85)69-43(27-77)56(89)67-39(21-32-14-16-34(79)17-15-32)53(86)74-50(31(5)78)60(93)68-41(62(95)96)22-33-25-64-37-12-9-8-11-35(33)37/h8-9,11-12,14-17,25,29-31,36,38-45,48-50,64,76-79,97H,7,10,13,18-24,26-28,63H2,1-6H3,(H,65,88)(H,66,84)(H,67,89)(H,68,93)(H,69,85)(H,70,90)(H,71,91)(H,72,92)(H,73,87)(H,74,86)(H,80,81)(H,82,83)(H,95,96)/t30-,31+,36-,38-,39-,40-,41-,42-,43-,44-,45-,48-,49-,50-/m0/s1. The van der Waals surface area contributed by atoms with Crippen LogP contribution in [-0.2, 0) is 80.0 Å². The van der Waals surface area contributed by atoms with E-state index in [1.54, 1.807) is 64.4 Å². The zero-order valence-corrected chi connectivity index (χ0v) is 56.5. The SMILES string of the molecule is CC[C@H](C)[C@H](NC(=O)[C@H](CC(=O)O)NC(=O)[C@@H](N)CC(=O)O)C(=O)N[C@H](C(=O)N1CCC[C@H]1C(=O)N[C@@H](CS)C(=O)N[C@@H](CO)C(=O)N[C@@H](CCSC)C(=O)N[C@@H](CO)C(=O)N[C@@H](Cc1ccc(O)cc1)C(=O)N[C@H](C(=O)N[C@@H](Cc1c[nH]c2ccccc12)C(=O)O)[C@@H](C)O)C(C)C. The molecule has 1 saturated heterocycles. The highest BCUT2D eigenvalue weighted by Gasteiger charge is 2.42. The summed E-state index contributed by atoms with van der Waals surface area (Å²) in [5, 5.41) is 94.8. The van der Waals surface area contributed by atoms with Gasteiger partial charge in [0.25, 0.3) is 0 Å². The van der Waals surface area contributed by atoms with Gasteiger partial charge in [0.15, 0.2) is 0 Å². The molecular formula is C62H89N13O21S2. The number of aromatic hydroxyl groups is 1. The van der Waals surface area contributed by atoms with Gasteiger partial charge < -0.3 is 105 Å². The minimum Gasteiger partial charge on any atom is -0.508 e. The molecule has 1 fully saturated rings. The van der Waals surface area contributed by atoms with Gasteiger partial charge in [-0.2, -0.15) is 24.4 Å². The van der Waals surface area contributed by atoms with Crippen molar-refractivity contribution in [3.8, 4) is 5.75 Å². The number of hydrogen-bond donors (Lipinski definition) is 20. The van der Waals surface area contributed by atoms with Crippen LogP contribution in [0.3, 0.4) is 0 Å². The lowest BCUT2D eigenvalue weighted by Gasteiger charge is -2.33. The maximum absolute atomic E-state index is 14.4. The van der Waals surface area contributed by atoms with Crippen molar-refractivity contribution in [1.82, 2.24) is 63.1 Å². The summed E-state index contributed by atoms with van der Waals surface area (Å²) in [5.74, 6) is -17.5. The van der Waals surface area contributed by atoms with Crippen molar-refractivity contribution in [3.63, 3.8) is 0 Å². The van der Waals surface area contributed by atoms with E-state index in [1.165, 1.54) is 40.9 Å². The fourth-order valence-electron chi connectivity index (χ4n) is 10.3. The molecule has 2 aromatic carbocycles. The molecule has 1 aromatic heterocycles. The number of thiol groups is 1. The lowest BCUT2D eigenvalue weighted by molar-refractivity contribution is -0.144. The number of carboxylic acids is 3. The van der Waals surface area contributed by atoms with Crippen LogP contribution in [0.15, 0.2) is 54.7 Å². The molecule has 34 nitrogen and oxygen atoms in total. The van der Waals surface area contributed by atoms with Gasteiger partial charge in [0.2, 0.25) is 65.0 Å². The van der Waals surface area contributed by atoms with Crippen LogP contribution in [-0.4, -0.2) is 245 Å². The number of carbonyl (C=O) groups excluding carboxylic acids is 11. The van der Waals surface area contributed by atoms with Crippen molar-refractivity contribution in [1.29, 1.82) is 0 Å². The van der Waals surface area contributed by atoms with E-state index in [4.69, 9.17) is 10.8 Å². The molecule has 0 bridgehead atoms. The van der Waals surface area contributed by atoms with Crippen LogP contribution < -0.4 is 58.9 Å². The molecule has 4 rings (SSSR count).